The third kappa shape index (κ3) is 5.48. The molecule has 1 aliphatic heterocycles. The SMILES string of the molecule is Cc1ccccc1CC1S/C(=N/N=C/c2ccc(-c3cc(C(F)(F)F)ccc3Cl)o2)NC1=O. The smallest absolute Gasteiger partial charge is 0.416 e. The van der Waals surface area contributed by atoms with Crippen molar-refractivity contribution in [2.45, 2.75) is 24.8 Å². The molecule has 10 heteroatoms. The van der Waals surface area contributed by atoms with E-state index < -0.39 is 11.7 Å². The van der Waals surface area contributed by atoms with Crippen molar-refractivity contribution in [2.75, 3.05) is 0 Å². The fraction of sp³-hybridized carbons (Fsp3) is 0.174. The van der Waals surface area contributed by atoms with Gasteiger partial charge in [-0.05, 0) is 54.8 Å². The van der Waals surface area contributed by atoms with E-state index in [-0.39, 0.29) is 33.3 Å². The van der Waals surface area contributed by atoms with Crippen molar-refractivity contribution < 1.29 is 22.4 Å². The van der Waals surface area contributed by atoms with Crippen LogP contribution in [0, 0.1) is 6.92 Å². The number of amides is 1. The number of carbonyl (C=O) groups excluding carboxylic acids is 1. The normalized spacial score (nSPS) is 17.8. The van der Waals surface area contributed by atoms with Gasteiger partial charge in [0.25, 0.3) is 0 Å². The molecule has 5 nitrogen and oxygen atoms in total. The molecule has 1 N–H and O–H groups in total. The Balaban J connectivity index is 1.44. The Hall–Kier alpha value is -3.04. The van der Waals surface area contributed by atoms with Gasteiger partial charge in [0, 0.05) is 5.56 Å². The van der Waals surface area contributed by atoms with E-state index in [1.54, 1.807) is 0 Å². The highest BCUT2D eigenvalue weighted by molar-refractivity contribution is 8.15. The zero-order valence-electron chi connectivity index (χ0n) is 17.2. The van der Waals surface area contributed by atoms with Crippen molar-refractivity contribution in [1.82, 2.24) is 5.32 Å². The number of hydrogen-bond acceptors (Lipinski definition) is 5. The lowest BCUT2D eigenvalue weighted by Gasteiger charge is -2.08. The molecular formula is C23H17ClF3N3O2S. The third-order valence-corrected chi connectivity index (χ3v) is 6.36. The Kier molecular flexibility index (Phi) is 6.62. The number of amidine groups is 1. The van der Waals surface area contributed by atoms with Gasteiger partial charge in [0.1, 0.15) is 11.5 Å². The molecule has 1 aliphatic rings. The number of nitrogens with one attached hydrogen (secondary N) is 1. The minimum atomic E-state index is -4.49. The first-order chi connectivity index (χ1) is 15.7. The van der Waals surface area contributed by atoms with Crippen LogP contribution in [0.5, 0.6) is 0 Å². The summed E-state index contributed by atoms with van der Waals surface area (Å²) in [7, 11) is 0. The molecule has 1 aromatic heterocycles. The van der Waals surface area contributed by atoms with Gasteiger partial charge in [0.05, 0.1) is 22.1 Å². The largest absolute Gasteiger partial charge is 0.455 e. The molecule has 3 aromatic rings. The van der Waals surface area contributed by atoms with Crippen LogP contribution < -0.4 is 5.32 Å². The maximum absolute atomic E-state index is 13.0. The van der Waals surface area contributed by atoms with Crippen molar-refractivity contribution in [3.8, 4) is 11.3 Å². The van der Waals surface area contributed by atoms with Crippen LogP contribution in [0.25, 0.3) is 11.3 Å². The quantitative estimate of drug-likeness (QED) is 0.347. The van der Waals surface area contributed by atoms with Crippen LogP contribution in [-0.4, -0.2) is 22.5 Å². The topological polar surface area (TPSA) is 67.0 Å². The molecule has 2 aromatic carbocycles. The number of hydrogen-bond donors (Lipinski definition) is 1. The van der Waals surface area contributed by atoms with Crippen molar-refractivity contribution in [3.05, 3.63) is 82.1 Å². The van der Waals surface area contributed by atoms with Crippen LogP contribution in [0.15, 0.2) is 69.2 Å². The molecule has 0 bridgehead atoms. The number of carbonyl (C=O) groups is 1. The molecule has 1 saturated heterocycles. The third-order valence-electron chi connectivity index (χ3n) is 4.96. The summed E-state index contributed by atoms with van der Waals surface area (Å²) in [5, 5.41) is 10.8. The number of thioether (sulfide) groups is 1. The minimum Gasteiger partial charge on any atom is -0.455 e. The standard InChI is InChI=1S/C23H17ClF3N3O2S/c1-13-4-2-3-5-14(13)10-20-21(31)29-22(33-20)30-28-12-16-7-9-19(32-16)17-11-15(23(25,26)27)6-8-18(17)24/h2-9,11-12,20H,10H2,1H3,(H,29,30,31)/b28-12+. The molecule has 2 heterocycles. The Labute approximate surface area is 196 Å². The van der Waals surface area contributed by atoms with Gasteiger partial charge in [-0.1, -0.05) is 47.6 Å². The van der Waals surface area contributed by atoms with E-state index in [1.165, 1.54) is 36.2 Å². The second kappa shape index (κ2) is 9.44. The number of furan rings is 1. The van der Waals surface area contributed by atoms with Gasteiger partial charge in [-0.25, -0.2) is 0 Å². The van der Waals surface area contributed by atoms with Crippen molar-refractivity contribution in [2.24, 2.45) is 10.2 Å². The maximum Gasteiger partial charge on any atom is 0.416 e. The fourth-order valence-corrected chi connectivity index (χ4v) is 4.38. The first kappa shape index (κ1) is 23.1. The van der Waals surface area contributed by atoms with E-state index >= 15 is 0 Å². The fourth-order valence-electron chi connectivity index (χ4n) is 3.22. The van der Waals surface area contributed by atoms with Crippen LogP contribution in [0.2, 0.25) is 5.02 Å². The molecule has 170 valence electrons. The predicted octanol–water partition coefficient (Wildman–Crippen LogP) is 6.09. The second-order valence-corrected chi connectivity index (χ2v) is 8.87. The first-order valence-electron chi connectivity index (χ1n) is 9.81. The monoisotopic (exact) mass is 491 g/mol. The Morgan fingerprint density at radius 2 is 1.97 bits per heavy atom. The second-order valence-electron chi connectivity index (χ2n) is 7.27. The highest BCUT2D eigenvalue weighted by Gasteiger charge is 2.32. The molecule has 1 unspecified atom stereocenters. The summed E-state index contributed by atoms with van der Waals surface area (Å²) < 4.78 is 44.5. The van der Waals surface area contributed by atoms with Crippen LogP contribution in [-0.2, 0) is 17.4 Å². The molecule has 0 aliphatic carbocycles. The molecule has 1 fully saturated rings. The van der Waals surface area contributed by atoms with E-state index in [9.17, 15) is 18.0 Å². The highest BCUT2D eigenvalue weighted by atomic mass is 35.5. The summed E-state index contributed by atoms with van der Waals surface area (Å²) in [6.45, 7) is 2.00. The van der Waals surface area contributed by atoms with Gasteiger partial charge >= 0.3 is 6.18 Å². The Bertz CT molecular complexity index is 1250. The van der Waals surface area contributed by atoms with E-state index in [2.05, 4.69) is 15.5 Å². The lowest BCUT2D eigenvalue weighted by Crippen LogP contribution is -2.26. The van der Waals surface area contributed by atoms with Gasteiger partial charge in [0.15, 0.2) is 5.17 Å². The number of aryl methyl sites for hydroxylation is 1. The van der Waals surface area contributed by atoms with Crippen LogP contribution in [0.1, 0.15) is 22.5 Å². The summed E-state index contributed by atoms with van der Waals surface area (Å²) in [6.07, 6.45) is -2.61. The zero-order valence-corrected chi connectivity index (χ0v) is 18.8. The van der Waals surface area contributed by atoms with E-state index in [0.29, 0.717) is 11.6 Å². The molecule has 0 spiro atoms. The highest BCUT2D eigenvalue weighted by Crippen LogP contribution is 2.36. The lowest BCUT2D eigenvalue weighted by atomic mass is 10.0. The van der Waals surface area contributed by atoms with Gasteiger partial charge in [0.2, 0.25) is 5.91 Å². The van der Waals surface area contributed by atoms with Gasteiger partial charge < -0.3 is 9.73 Å². The zero-order chi connectivity index (χ0) is 23.6. The molecule has 33 heavy (non-hydrogen) atoms. The lowest BCUT2D eigenvalue weighted by molar-refractivity contribution is -0.137. The first-order valence-corrected chi connectivity index (χ1v) is 11.1. The molecule has 1 atom stereocenters. The summed E-state index contributed by atoms with van der Waals surface area (Å²) in [5.41, 5.74) is 1.50. The van der Waals surface area contributed by atoms with E-state index in [0.717, 1.165) is 23.3 Å². The van der Waals surface area contributed by atoms with Crippen molar-refractivity contribution in [3.63, 3.8) is 0 Å². The van der Waals surface area contributed by atoms with Gasteiger partial charge in [-0.2, -0.15) is 18.3 Å². The van der Waals surface area contributed by atoms with Crippen LogP contribution >= 0.6 is 23.4 Å². The molecule has 1 amide bonds. The predicted molar refractivity (Wildman–Crippen MR) is 124 cm³/mol. The minimum absolute atomic E-state index is 0.120. The number of benzene rings is 2. The molecule has 0 radical (unpaired) electrons. The molecule has 0 saturated carbocycles. The number of rotatable bonds is 5. The van der Waals surface area contributed by atoms with E-state index in [1.807, 2.05) is 31.2 Å². The Morgan fingerprint density at radius 1 is 1.18 bits per heavy atom. The summed E-state index contributed by atoms with van der Waals surface area (Å²) in [4.78, 5) is 12.2. The van der Waals surface area contributed by atoms with Crippen molar-refractivity contribution in [1.29, 1.82) is 0 Å². The van der Waals surface area contributed by atoms with Gasteiger partial charge in [-0.15, -0.1) is 5.10 Å². The summed E-state index contributed by atoms with van der Waals surface area (Å²) in [5.74, 6) is 0.298. The molecule has 4 rings (SSSR count). The van der Waals surface area contributed by atoms with Crippen LogP contribution in [0.3, 0.4) is 0 Å². The van der Waals surface area contributed by atoms with Crippen molar-refractivity contribution >= 4 is 40.7 Å². The molecular weight excluding hydrogens is 475 g/mol. The summed E-state index contributed by atoms with van der Waals surface area (Å²) >= 11 is 7.34. The van der Waals surface area contributed by atoms with Crippen LogP contribution in [0.4, 0.5) is 13.2 Å². The van der Waals surface area contributed by atoms with E-state index in [4.69, 9.17) is 16.0 Å². The average Bonchev–Trinajstić information content (AvgIpc) is 3.36. The number of nitrogens with zero attached hydrogens (tertiary/aromatic N) is 2. The Morgan fingerprint density at radius 3 is 2.73 bits per heavy atom. The maximum atomic E-state index is 13.0. The number of alkyl halides is 3. The summed E-state index contributed by atoms with van der Waals surface area (Å²) in [6, 6.07) is 13.9. The van der Waals surface area contributed by atoms with Gasteiger partial charge in [-0.3, -0.25) is 4.79 Å². The average molecular weight is 492 g/mol. The number of halogens is 4.